The number of nitriles is 1. The average molecular weight is 270 g/mol. The number of pyridine rings is 1. The Labute approximate surface area is 118 Å². The topological polar surface area (TPSA) is 65.1 Å². The third-order valence-corrected chi connectivity index (χ3v) is 3.07. The molecule has 0 aliphatic carbocycles. The Morgan fingerprint density at radius 3 is 2.60 bits per heavy atom. The molecule has 0 saturated carbocycles. The summed E-state index contributed by atoms with van der Waals surface area (Å²) in [6.07, 6.45) is 1.81. The van der Waals surface area contributed by atoms with E-state index in [0.717, 1.165) is 30.4 Å². The summed E-state index contributed by atoms with van der Waals surface area (Å²) in [7, 11) is 0. The fourth-order valence-corrected chi connectivity index (χ4v) is 1.95. The highest BCUT2D eigenvalue weighted by Crippen LogP contribution is 2.15. The number of nitrogens with zero attached hydrogens (tertiary/aromatic N) is 3. The molecule has 0 spiro atoms. The molecule has 0 aliphatic heterocycles. The van der Waals surface area contributed by atoms with Gasteiger partial charge in [-0.05, 0) is 38.1 Å². The van der Waals surface area contributed by atoms with E-state index in [-0.39, 0.29) is 0 Å². The van der Waals surface area contributed by atoms with Crippen molar-refractivity contribution in [2.24, 2.45) is 0 Å². The van der Waals surface area contributed by atoms with Crippen LogP contribution < -0.4 is 10.2 Å². The van der Waals surface area contributed by atoms with Gasteiger partial charge in [0.1, 0.15) is 17.6 Å². The molecule has 0 fully saturated rings. The van der Waals surface area contributed by atoms with Gasteiger partial charge in [0.2, 0.25) is 5.76 Å². The van der Waals surface area contributed by atoms with Crippen LogP contribution in [0.2, 0.25) is 0 Å². The van der Waals surface area contributed by atoms with Crippen LogP contribution in [-0.4, -0.2) is 18.1 Å². The van der Waals surface area contributed by atoms with Gasteiger partial charge in [0.05, 0.1) is 18.4 Å². The van der Waals surface area contributed by atoms with Crippen LogP contribution in [0.1, 0.15) is 25.4 Å². The Hall–Kier alpha value is -2.48. The second-order valence-electron chi connectivity index (χ2n) is 4.31. The Bertz CT molecular complexity index is 579. The van der Waals surface area contributed by atoms with Crippen LogP contribution in [0.3, 0.4) is 0 Å². The number of anilines is 2. The van der Waals surface area contributed by atoms with Crippen molar-refractivity contribution >= 4 is 11.5 Å². The molecule has 0 aromatic carbocycles. The number of furan rings is 1. The molecule has 2 heterocycles. The molecule has 0 bridgehead atoms. The molecule has 0 saturated heterocycles. The third-order valence-electron chi connectivity index (χ3n) is 3.07. The molecule has 0 atom stereocenters. The van der Waals surface area contributed by atoms with E-state index in [1.54, 1.807) is 12.1 Å². The van der Waals surface area contributed by atoms with Gasteiger partial charge >= 0.3 is 0 Å². The van der Waals surface area contributed by atoms with Crippen molar-refractivity contribution in [1.82, 2.24) is 4.98 Å². The van der Waals surface area contributed by atoms with E-state index in [1.165, 1.54) is 0 Å². The number of nitrogens with one attached hydrogen (secondary N) is 1. The second-order valence-corrected chi connectivity index (χ2v) is 4.31. The van der Waals surface area contributed by atoms with Crippen LogP contribution in [0, 0.1) is 11.3 Å². The van der Waals surface area contributed by atoms with Gasteiger partial charge in [-0.1, -0.05) is 0 Å². The molecule has 1 N–H and O–H groups in total. The molecule has 2 aromatic heterocycles. The Morgan fingerprint density at radius 2 is 2.05 bits per heavy atom. The van der Waals surface area contributed by atoms with E-state index in [1.807, 2.05) is 24.4 Å². The van der Waals surface area contributed by atoms with Crippen LogP contribution in [0.25, 0.3) is 0 Å². The molecular formula is C15H18N4O. The molecule has 20 heavy (non-hydrogen) atoms. The minimum atomic E-state index is 0.330. The summed E-state index contributed by atoms with van der Waals surface area (Å²) in [5, 5.41) is 11.9. The summed E-state index contributed by atoms with van der Waals surface area (Å²) in [5.74, 6) is 2.04. The van der Waals surface area contributed by atoms with Gasteiger partial charge in [-0.2, -0.15) is 5.26 Å². The van der Waals surface area contributed by atoms with E-state index in [9.17, 15) is 0 Å². The van der Waals surface area contributed by atoms with Gasteiger partial charge in [0, 0.05) is 13.1 Å². The third kappa shape index (κ3) is 3.29. The van der Waals surface area contributed by atoms with Crippen LogP contribution in [0.15, 0.2) is 34.9 Å². The maximum Gasteiger partial charge on any atom is 0.203 e. The highest BCUT2D eigenvalue weighted by molar-refractivity contribution is 5.48. The molecular weight excluding hydrogens is 252 g/mol. The van der Waals surface area contributed by atoms with Crippen molar-refractivity contribution in [2.75, 3.05) is 23.3 Å². The Balaban J connectivity index is 1.95. The van der Waals surface area contributed by atoms with E-state index in [0.29, 0.717) is 12.3 Å². The quantitative estimate of drug-likeness (QED) is 0.874. The lowest BCUT2D eigenvalue weighted by Gasteiger charge is -2.19. The van der Waals surface area contributed by atoms with Gasteiger partial charge in [-0.25, -0.2) is 4.98 Å². The molecule has 2 rings (SSSR count). The molecule has 104 valence electrons. The summed E-state index contributed by atoms with van der Waals surface area (Å²) in [5.41, 5.74) is 0.927. The first kappa shape index (κ1) is 13.9. The summed E-state index contributed by atoms with van der Waals surface area (Å²) in [6.45, 7) is 6.65. The first-order valence-corrected chi connectivity index (χ1v) is 6.70. The molecule has 0 unspecified atom stereocenters. The number of rotatable bonds is 6. The molecule has 0 aliphatic rings. The summed E-state index contributed by atoms with van der Waals surface area (Å²) < 4.78 is 5.30. The lowest BCUT2D eigenvalue weighted by atomic mass is 10.3. The predicted molar refractivity (Wildman–Crippen MR) is 78.5 cm³/mol. The molecule has 2 aromatic rings. The van der Waals surface area contributed by atoms with Crippen molar-refractivity contribution in [2.45, 2.75) is 20.4 Å². The minimum absolute atomic E-state index is 0.330. The van der Waals surface area contributed by atoms with Crippen molar-refractivity contribution < 1.29 is 4.42 Å². The summed E-state index contributed by atoms with van der Waals surface area (Å²) in [4.78, 5) is 6.62. The predicted octanol–water partition coefficient (Wildman–Crippen LogP) is 3.00. The standard InChI is InChI=1S/C15H18N4O/c1-3-19(4-2)15-8-5-12(10-18-15)17-11-14-7-6-13(9-16)20-14/h5-8,10,17H,3-4,11H2,1-2H3. The fourth-order valence-electron chi connectivity index (χ4n) is 1.95. The highest BCUT2D eigenvalue weighted by Gasteiger charge is 2.04. The Kier molecular flexibility index (Phi) is 4.61. The van der Waals surface area contributed by atoms with Crippen molar-refractivity contribution in [3.8, 4) is 6.07 Å². The van der Waals surface area contributed by atoms with E-state index in [2.05, 4.69) is 29.0 Å². The van der Waals surface area contributed by atoms with Crippen molar-refractivity contribution in [3.63, 3.8) is 0 Å². The largest absolute Gasteiger partial charge is 0.449 e. The molecule has 5 heteroatoms. The Morgan fingerprint density at radius 1 is 1.25 bits per heavy atom. The monoisotopic (exact) mass is 270 g/mol. The minimum Gasteiger partial charge on any atom is -0.449 e. The lowest BCUT2D eigenvalue weighted by molar-refractivity contribution is 0.506. The molecule has 5 nitrogen and oxygen atoms in total. The number of hydrogen-bond acceptors (Lipinski definition) is 5. The van der Waals surface area contributed by atoms with Gasteiger partial charge in [0.15, 0.2) is 0 Å². The number of aromatic nitrogens is 1. The maximum absolute atomic E-state index is 8.69. The van der Waals surface area contributed by atoms with Gasteiger partial charge in [-0.15, -0.1) is 0 Å². The normalized spacial score (nSPS) is 10.1. The van der Waals surface area contributed by atoms with E-state index >= 15 is 0 Å². The fraction of sp³-hybridized carbons (Fsp3) is 0.333. The summed E-state index contributed by atoms with van der Waals surface area (Å²) in [6, 6.07) is 9.42. The zero-order valence-corrected chi connectivity index (χ0v) is 11.8. The van der Waals surface area contributed by atoms with E-state index < -0.39 is 0 Å². The SMILES string of the molecule is CCN(CC)c1ccc(NCc2ccc(C#N)o2)cn1. The van der Waals surface area contributed by atoms with Crippen LogP contribution >= 0.6 is 0 Å². The lowest BCUT2D eigenvalue weighted by Crippen LogP contribution is -2.22. The highest BCUT2D eigenvalue weighted by atomic mass is 16.3. The van der Waals surface area contributed by atoms with Crippen molar-refractivity contribution in [1.29, 1.82) is 5.26 Å². The zero-order chi connectivity index (χ0) is 14.4. The maximum atomic E-state index is 8.69. The average Bonchev–Trinajstić information content (AvgIpc) is 2.96. The number of hydrogen-bond donors (Lipinski definition) is 1. The van der Waals surface area contributed by atoms with Gasteiger partial charge in [-0.3, -0.25) is 0 Å². The van der Waals surface area contributed by atoms with E-state index in [4.69, 9.17) is 9.68 Å². The van der Waals surface area contributed by atoms with Gasteiger partial charge in [0.25, 0.3) is 0 Å². The smallest absolute Gasteiger partial charge is 0.203 e. The molecule has 0 amide bonds. The van der Waals surface area contributed by atoms with Crippen LogP contribution in [-0.2, 0) is 6.54 Å². The zero-order valence-electron chi connectivity index (χ0n) is 11.8. The van der Waals surface area contributed by atoms with Gasteiger partial charge < -0.3 is 14.6 Å². The molecule has 0 radical (unpaired) electrons. The van der Waals surface area contributed by atoms with Crippen molar-refractivity contribution in [3.05, 3.63) is 42.0 Å². The van der Waals surface area contributed by atoms with Crippen LogP contribution in [0.5, 0.6) is 0 Å². The second kappa shape index (κ2) is 6.62. The summed E-state index contributed by atoms with van der Waals surface area (Å²) >= 11 is 0. The first-order chi connectivity index (χ1) is 9.76. The first-order valence-electron chi connectivity index (χ1n) is 6.70. The van der Waals surface area contributed by atoms with Crippen LogP contribution in [0.4, 0.5) is 11.5 Å².